The van der Waals surface area contributed by atoms with Crippen LogP contribution in [0.3, 0.4) is 0 Å². The van der Waals surface area contributed by atoms with Crippen molar-refractivity contribution in [2.45, 2.75) is 18.8 Å². The van der Waals surface area contributed by atoms with Crippen molar-refractivity contribution in [3.05, 3.63) is 77.6 Å². The van der Waals surface area contributed by atoms with Gasteiger partial charge < -0.3 is 10.6 Å². The highest BCUT2D eigenvalue weighted by Crippen LogP contribution is 2.31. The number of para-hydroxylation sites is 1. The molecule has 0 aliphatic carbocycles. The Labute approximate surface area is 173 Å². The van der Waals surface area contributed by atoms with Gasteiger partial charge in [-0.05, 0) is 50.2 Å². The number of amides is 1. The minimum atomic E-state index is -0.686. The van der Waals surface area contributed by atoms with E-state index in [4.69, 9.17) is 0 Å². The van der Waals surface area contributed by atoms with Crippen LogP contribution in [0.15, 0.2) is 54.7 Å². The number of benzene rings is 2. The van der Waals surface area contributed by atoms with Crippen molar-refractivity contribution in [1.29, 1.82) is 0 Å². The number of nitrogens with zero attached hydrogens (tertiary/aromatic N) is 2. The van der Waals surface area contributed by atoms with Crippen LogP contribution in [0.25, 0.3) is 5.69 Å². The Morgan fingerprint density at radius 3 is 2.55 bits per heavy atom. The van der Waals surface area contributed by atoms with Gasteiger partial charge in [0, 0.05) is 12.0 Å². The molecule has 0 saturated carbocycles. The molecule has 1 saturated heterocycles. The van der Waals surface area contributed by atoms with E-state index >= 15 is 0 Å². The fourth-order valence-electron chi connectivity index (χ4n) is 3.58. The van der Waals surface area contributed by atoms with E-state index in [-0.39, 0.29) is 24.0 Å². The van der Waals surface area contributed by atoms with E-state index in [1.54, 1.807) is 4.68 Å². The lowest BCUT2D eigenvalue weighted by atomic mass is 9.91. The van der Waals surface area contributed by atoms with E-state index in [1.165, 1.54) is 6.20 Å². The Hall–Kier alpha value is -2.77. The van der Waals surface area contributed by atoms with E-state index in [9.17, 15) is 13.6 Å². The molecule has 29 heavy (non-hydrogen) atoms. The second kappa shape index (κ2) is 9.15. The number of carbonyl (C=O) groups is 1. The first-order valence-corrected chi connectivity index (χ1v) is 9.24. The molecular weight excluding hydrogens is 398 g/mol. The monoisotopic (exact) mass is 418 g/mol. The van der Waals surface area contributed by atoms with Gasteiger partial charge in [-0.3, -0.25) is 4.79 Å². The number of hydrogen-bond donors (Lipinski definition) is 2. The minimum Gasteiger partial charge on any atom is -0.319 e. The number of aromatic nitrogens is 2. The fourth-order valence-corrected chi connectivity index (χ4v) is 3.58. The SMILES string of the molecule is Cl.O=C(Nc1cc(F)ccc1F)c1cnn(-c2ccccc2)c1C1CCNCC1. The lowest BCUT2D eigenvalue weighted by Gasteiger charge is -2.24. The summed E-state index contributed by atoms with van der Waals surface area (Å²) in [6.45, 7) is 1.70. The molecule has 2 aromatic carbocycles. The van der Waals surface area contributed by atoms with Crippen LogP contribution in [0.4, 0.5) is 14.5 Å². The van der Waals surface area contributed by atoms with Gasteiger partial charge in [0.2, 0.25) is 0 Å². The van der Waals surface area contributed by atoms with Crippen molar-refractivity contribution < 1.29 is 13.6 Å². The molecule has 1 aromatic heterocycles. The zero-order valence-corrected chi connectivity index (χ0v) is 16.4. The molecule has 152 valence electrons. The maximum Gasteiger partial charge on any atom is 0.259 e. The second-order valence-electron chi connectivity index (χ2n) is 6.79. The lowest BCUT2D eigenvalue weighted by Crippen LogP contribution is -2.29. The number of anilines is 1. The van der Waals surface area contributed by atoms with Gasteiger partial charge in [-0.1, -0.05) is 18.2 Å². The fraction of sp³-hybridized carbons (Fsp3) is 0.238. The van der Waals surface area contributed by atoms with Gasteiger partial charge in [-0.15, -0.1) is 12.4 Å². The average Bonchev–Trinajstić information content (AvgIpc) is 3.17. The predicted molar refractivity (Wildman–Crippen MR) is 110 cm³/mol. The van der Waals surface area contributed by atoms with Gasteiger partial charge in [-0.25, -0.2) is 13.5 Å². The summed E-state index contributed by atoms with van der Waals surface area (Å²) in [5, 5.41) is 10.2. The molecule has 2 heterocycles. The van der Waals surface area contributed by atoms with E-state index < -0.39 is 17.5 Å². The van der Waals surface area contributed by atoms with Gasteiger partial charge in [0.25, 0.3) is 5.91 Å². The van der Waals surface area contributed by atoms with Crippen LogP contribution in [0, 0.1) is 11.6 Å². The number of rotatable bonds is 4. The van der Waals surface area contributed by atoms with Gasteiger partial charge in [-0.2, -0.15) is 5.10 Å². The Morgan fingerprint density at radius 2 is 1.83 bits per heavy atom. The topological polar surface area (TPSA) is 59.0 Å². The summed E-state index contributed by atoms with van der Waals surface area (Å²) in [6.07, 6.45) is 3.23. The second-order valence-corrected chi connectivity index (χ2v) is 6.79. The van der Waals surface area contributed by atoms with Crippen molar-refractivity contribution in [2.24, 2.45) is 0 Å². The van der Waals surface area contributed by atoms with Gasteiger partial charge in [0.05, 0.1) is 28.8 Å². The van der Waals surface area contributed by atoms with Crippen LogP contribution in [0.2, 0.25) is 0 Å². The van der Waals surface area contributed by atoms with Crippen molar-refractivity contribution in [2.75, 3.05) is 18.4 Å². The quantitative estimate of drug-likeness (QED) is 0.664. The van der Waals surface area contributed by atoms with Crippen molar-refractivity contribution in [3.63, 3.8) is 0 Å². The first kappa shape index (κ1) is 21.0. The number of hydrogen-bond acceptors (Lipinski definition) is 3. The third-order valence-corrected chi connectivity index (χ3v) is 4.95. The Balaban J connectivity index is 0.00000240. The van der Waals surface area contributed by atoms with Crippen molar-refractivity contribution in [1.82, 2.24) is 15.1 Å². The smallest absolute Gasteiger partial charge is 0.259 e. The molecule has 0 radical (unpaired) electrons. The lowest BCUT2D eigenvalue weighted by molar-refractivity contribution is 0.102. The zero-order chi connectivity index (χ0) is 19.5. The predicted octanol–water partition coefficient (Wildman–Crippen LogP) is 4.29. The molecule has 3 aromatic rings. The summed E-state index contributed by atoms with van der Waals surface area (Å²) in [6, 6.07) is 12.6. The maximum atomic E-state index is 14.0. The summed E-state index contributed by atoms with van der Waals surface area (Å²) >= 11 is 0. The largest absolute Gasteiger partial charge is 0.319 e. The zero-order valence-electron chi connectivity index (χ0n) is 15.6. The van der Waals surface area contributed by atoms with E-state index in [2.05, 4.69) is 15.7 Å². The molecule has 0 unspecified atom stereocenters. The summed E-state index contributed by atoms with van der Waals surface area (Å²) in [5.74, 6) is -1.66. The summed E-state index contributed by atoms with van der Waals surface area (Å²) in [5.41, 5.74) is 1.84. The van der Waals surface area contributed by atoms with Crippen LogP contribution in [0.5, 0.6) is 0 Å². The number of carbonyl (C=O) groups excluding carboxylic acids is 1. The molecule has 1 aliphatic heterocycles. The molecular formula is C21H21ClF2N4O. The Bertz CT molecular complexity index is 988. The van der Waals surface area contributed by atoms with Crippen molar-refractivity contribution in [3.8, 4) is 5.69 Å². The summed E-state index contributed by atoms with van der Waals surface area (Å²) in [7, 11) is 0. The molecule has 0 atom stereocenters. The standard InChI is InChI=1S/C21H20F2N4O.ClH/c22-15-6-7-18(23)19(12-15)26-21(28)17-13-25-27(16-4-2-1-3-5-16)20(17)14-8-10-24-11-9-14;/h1-7,12-14,24H,8-11H2,(H,26,28);1H. The summed E-state index contributed by atoms with van der Waals surface area (Å²) in [4.78, 5) is 12.9. The molecule has 0 bridgehead atoms. The van der Waals surface area contributed by atoms with E-state index in [1.807, 2.05) is 30.3 Å². The first-order valence-electron chi connectivity index (χ1n) is 9.24. The molecule has 0 spiro atoms. The van der Waals surface area contributed by atoms with Crippen LogP contribution in [-0.2, 0) is 0 Å². The molecule has 2 N–H and O–H groups in total. The third-order valence-electron chi connectivity index (χ3n) is 4.95. The molecule has 1 amide bonds. The van der Waals surface area contributed by atoms with E-state index in [0.717, 1.165) is 55.5 Å². The number of halogens is 3. The first-order chi connectivity index (χ1) is 13.6. The molecule has 1 aliphatic rings. The highest BCUT2D eigenvalue weighted by Gasteiger charge is 2.27. The molecule has 5 nitrogen and oxygen atoms in total. The van der Waals surface area contributed by atoms with Crippen LogP contribution in [-0.4, -0.2) is 28.8 Å². The highest BCUT2D eigenvalue weighted by atomic mass is 35.5. The maximum absolute atomic E-state index is 14.0. The van der Waals surface area contributed by atoms with Gasteiger partial charge >= 0.3 is 0 Å². The van der Waals surface area contributed by atoms with Gasteiger partial charge in [0.15, 0.2) is 0 Å². The Morgan fingerprint density at radius 1 is 1.10 bits per heavy atom. The Kier molecular flexibility index (Phi) is 6.61. The average molecular weight is 419 g/mol. The highest BCUT2D eigenvalue weighted by molar-refractivity contribution is 6.05. The molecule has 4 rings (SSSR count). The van der Waals surface area contributed by atoms with Crippen molar-refractivity contribution >= 4 is 24.0 Å². The summed E-state index contributed by atoms with van der Waals surface area (Å²) < 4.78 is 29.2. The van der Waals surface area contributed by atoms with Gasteiger partial charge in [0.1, 0.15) is 11.6 Å². The number of piperidine rings is 1. The molecule has 8 heteroatoms. The normalized spacial score (nSPS) is 14.3. The van der Waals surface area contributed by atoms with Crippen LogP contribution >= 0.6 is 12.4 Å². The third kappa shape index (κ3) is 4.46. The number of nitrogens with one attached hydrogen (secondary N) is 2. The molecule has 1 fully saturated rings. The minimum absolute atomic E-state index is 0. The van der Waals surface area contributed by atoms with E-state index in [0.29, 0.717) is 5.56 Å². The van der Waals surface area contributed by atoms with Crippen LogP contribution < -0.4 is 10.6 Å². The van der Waals surface area contributed by atoms with Crippen LogP contribution in [0.1, 0.15) is 34.8 Å².